The third-order valence-corrected chi connectivity index (χ3v) is 2.58. The van der Waals surface area contributed by atoms with Crippen LogP contribution in [0.2, 0.25) is 0 Å². The molecule has 88 valence electrons. The summed E-state index contributed by atoms with van der Waals surface area (Å²) in [6.07, 6.45) is 1.68. The molecule has 1 aliphatic heterocycles. The summed E-state index contributed by atoms with van der Waals surface area (Å²) in [4.78, 5) is 11.2. The van der Waals surface area contributed by atoms with Crippen molar-refractivity contribution in [3.63, 3.8) is 0 Å². The van der Waals surface area contributed by atoms with E-state index in [-0.39, 0.29) is 24.3 Å². The average molecular weight is 216 g/mol. The number of hydrogen-bond donors (Lipinski definition) is 0. The van der Waals surface area contributed by atoms with Gasteiger partial charge in [-0.3, -0.25) is 0 Å². The minimum Gasteiger partial charge on any atom is -0.467 e. The summed E-state index contributed by atoms with van der Waals surface area (Å²) in [5.74, 6) is -0.318. The van der Waals surface area contributed by atoms with Crippen LogP contribution in [-0.4, -0.2) is 37.5 Å². The maximum atomic E-state index is 11.2. The van der Waals surface area contributed by atoms with E-state index >= 15 is 0 Å². The maximum absolute atomic E-state index is 11.2. The zero-order chi connectivity index (χ0) is 11.4. The summed E-state index contributed by atoms with van der Waals surface area (Å²) in [7, 11) is 1.37. The molecule has 1 saturated heterocycles. The fourth-order valence-electron chi connectivity index (χ4n) is 1.97. The van der Waals surface area contributed by atoms with Gasteiger partial charge >= 0.3 is 5.97 Å². The average Bonchev–Trinajstić information content (AvgIpc) is 2.14. The van der Waals surface area contributed by atoms with Crippen LogP contribution >= 0.6 is 0 Å². The van der Waals surface area contributed by atoms with Crippen LogP contribution in [0.1, 0.15) is 33.6 Å². The Morgan fingerprint density at radius 2 is 1.87 bits per heavy atom. The third kappa shape index (κ3) is 3.80. The van der Waals surface area contributed by atoms with Crippen LogP contribution < -0.4 is 0 Å². The monoisotopic (exact) mass is 216 g/mol. The van der Waals surface area contributed by atoms with Crippen LogP contribution in [0.3, 0.4) is 0 Å². The molecule has 1 heterocycles. The Morgan fingerprint density at radius 3 is 2.33 bits per heavy atom. The number of rotatable bonds is 3. The van der Waals surface area contributed by atoms with E-state index in [0.717, 1.165) is 12.8 Å². The van der Waals surface area contributed by atoms with Crippen molar-refractivity contribution in [3.8, 4) is 0 Å². The van der Waals surface area contributed by atoms with E-state index in [1.54, 1.807) is 6.92 Å². The van der Waals surface area contributed by atoms with E-state index in [1.165, 1.54) is 7.11 Å². The van der Waals surface area contributed by atoms with Gasteiger partial charge in [0.1, 0.15) is 0 Å². The summed E-state index contributed by atoms with van der Waals surface area (Å²) in [6.45, 7) is 5.76. The van der Waals surface area contributed by atoms with Gasteiger partial charge in [0.15, 0.2) is 6.10 Å². The molecule has 0 saturated carbocycles. The molecule has 0 aromatic heterocycles. The van der Waals surface area contributed by atoms with Crippen molar-refractivity contribution in [2.24, 2.45) is 0 Å². The Morgan fingerprint density at radius 1 is 1.33 bits per heavy atom. The molecule has 0 aliphatic carbocycles. The van der Waals surface area contributed by atoms with Gasteiger partial charge in [-0.05, 0) is 33.6 Å². The Labute approximate surface area is 90.9 Å². The molecule has 15 heavy (non-hydrogen) atoms. The van der Waals surface area contributed by atoms with Gasteiger partial charge in [0.25, 0.3) is 0 Å². The molecule has 2 unspecified atom stereocenters. The van der Waals surface area contributed by atoms with Gasteiger partial charge in [-0.15, -0.1) is 0 Å². The molecule has 4 heteroatoms. The molecule has 0 amide bonds. The van der Waals surface area contributed by atoms with Crippen LogP contribution in [0.25, 0.3) is 0 Å². The number of esters is 1. The predicted molar refractivity (Wildman–Crippen MR) is 55.6 cm³/mol. The van der Waals surface area contributed by atoms with E-state index in [2.05, 4.69) is 4.74 Å². The smallest absolute Gasteiger partial charge is 0.334 e. The zero-order valence-corrected chi connectivity index (χ0v) is 9.86. The fraction of sp³-hybridized carbons (Fsp3) is 0.909. The summed E-state index contributed by atoms with van der Waals surface area (Å²) >= 11 is 0. The van der Waals surface area contributed by atoms with Crippen molar-refractivity contribution in [2.45, 2.75) is 58.0 Å². The molecule has 1 aliphatic rings. The molecule has 0 bridgehead atoms. The molecule has 0 spiro atoms. The van der Waals surface area contributed by atoms with Crippen molar-refractivity contribution in [1.29, 1.82) is 0 Å². The summed E-state index contributed by atoms with van der Waals surface area (Å²) in [5, 5.41) is 0. The van der Waals surface area contributed by atoms with Crippen molar-refractivity contribution in [2.75, 3.05) is 7.11 Å². The topological polar surface area (TPSA) is 44.8 Å². The molecular weight excluding hydrogens is 196 g/mol. The third-order valence-electron chi connectivity index (χ3n) is 2.58. The number of hydrogen-bond acceptors (Lipinski definition) is 4. The van der Waals surface area contributed by atoms with Gasteiger partial charge in [0.05, 0.1) is 25.4 Å². The first-order valence-electron chi connectivity index (χ1n) is 5.41. The standard InChI is InChI=1S/C11H20O4/c1-7-5-10(6-8(2)14-7)15-9(3)11(12)13-4/h7-10H,5-6H2,1-4H3/t7?,8?,9-,10?/m0/s1. The van der Waals surface area contributed by atoms with Gasteiger partial charge in [-0.25, -0.2) is 4.79 Å². The molecular formula is C11H20O4. The van der Waals surface area contributed by atoms with Crippen LogP contribution in [0.15, 0.2) is 0 Å². The lowest BCUT2D eigenvalue weighted by Crippen LogP contribution is -2.37. The normalized spacial score (nSPS) is 33.5. The highest BCUT2D eigenvalue weighted by Gasteiger charge is 2.28. The first-order valence-corrected chi connectivity index (χ1v) is 5.41. The number of methoxy groups -OCH3 is 1. The minimum absolute atomic E-state index is 0.0952. The highest BCUT2D eigenvalue weighted by atomic mass is 16.6. The second-order valence-corrected chi connectivity index (χ2v) is 4.15. The first-order chi connectivity index (χ1) is 7.02. The second kappa shape index (κ2) is 5.47. The minimum atomic E-state index is -0.488. The molecule has 1 rings (SSSR count). The van der Waals surface area contributed by atoms with Gasteiger partial charge in [-0.1, -0.05) is 0 Å². The van der Waals surface area contributed by atoms with Crippen LogP contribution in [0.4, 0.5) is 0 Å². The maximum Gasteiger partial charge on any atom is 0.334 e. The van der Waals surface area contributed by atoms with Crippen molar-refractivity contribution in [3.05, 3.63) is 0 Å². The lowest BCUT2D eigenvalue weighted by atomic mass is 10.0. The summed E-state index contributed by atoms with van der Waals surface area (Å²) in [6, 6.07) is 0. The highest BCUT2D eigenvalue weighted by Crippen LogP contribution is 2.22. The molecule has 0 radical (unpaired) electrons. The molecule has 0 aromatic carbocycles. The molecule has 4 nitrogen and oxygen atoms in total. The van der Waals surface area contributed by atoms with Crippen molar-refractivity contribution < 1.29 is 19.0 Å². The second-order valence-electron chi connectivity index (χ2n) is 4.15. The van der Waals surface area contributed by atoms with E-state index in [0.29, 0.717) is 0 Å². The Hall–Kier alpha value is -0.610. The SMILES string of the molecule is COC(=O)[C@H](C)OC1CC(C)OC(C)C1. The number of carbonyl (C=O) groups excluding carboxylic acids is 1. The van der Waals surface area contributed by atoms with Crippen LogP contribution in [-0.2, 0) is 19.0 Å². The van der Waals surface area contributed by atoms with Gasteiger partial charge in [-0.2, -0.15) is 0 Å². The molecule has 0 N–H and O–H groups in total. The van der Waals surface area contributed by atoms with Gasteiger partial charge < -0.3 is 14.2 Å². The lowest BCUT2D eigenvalue weighted by molar-refractivity contribution is -0.165. The predicted octanol–water partition coefficient (Wildman–Crippen LogP) is 1.52. The number of carbonyl (C=O) groups is 1. The lowest BCUT2D eigenvalue weighted by Gasteiger charge is -2.33. The fourth-order valence-corrected chi connectivity index (χ4v) is 1.97. The summed E-state index contributed by atoms with van der Waals surface area (Å²) in [5.41, 5.74) is 0. The van der Waals surface area contributed by atoms with E-state index in [1.807, 2.05) is 13.8 Å². The van der Waals surface area contributed by atoms with Crippen LogP contribution in [0, 0.1) is 0 Å². The van der Waals surface area contributed by atoms with Crippen molar-refractivity contribution >= 4 is 5.97 Å². The Bertz CT molecular complexity index is 207. The summed E-state index contributed by atoms with van der Waals surface area (Å²) < 4.78 is 15.8. The first kappa shape index (κ1) is 12.5. The largest absolute Gasteiger partial charge is 0.467 e. The Balaban J connectivity index is 2.40. The van der Waals surface area contributed by atoms with Gasteiger partial charge in [0, 0.05) is 0 Å². The van der Waals surface area contributed by atoms with E-state index < -0.39 is 6.10 Å². The van der Waals surface area contributed by atoms with Gasteiger partial charge in [0.2, 0.25) is 0 Å². The van der Waals surface area contributed by atoms with Crippen molar-refractivity contribution in [1.82, 2.24) is 0 Å². The quantitative estimate of drug-likeness (QED) is 0.671. The van der Waals surface area contributed by atoms with E-state index in [9.17, 15) is 4.79 Å². The molecule has 1 fully saturated rings. The number of ether oxygens (including phenoxy) is 3. The zero-order valence-electron chi connectivity index (χ0n) is 9.86. The van der Waals surface area contributed by atoms with Crippen LogP contribution in [0.5, 0.6) is 0 Å². The molecule has 3 atom stereocenters. The molecule has 0 aromatic rings. The highest BCUT2D eigenvalue weighted by molar-refractivity contribution is 5.73. The Kier molecular flexibility index (Phi) is 4.54. The van der Waals surface area contributed by atoms with E-state index in [4.69, 9.17) is 9.47 Å².